The summed E-state index contributed by atoms with van der Waals surface area (Å²) in [6, 6.07) is 0. The van der Waals surface area contributed by atoms with Crippen LogP contribution in [0.15, 0.2) is 0 Å². The van der Waals surface area contributed by atoms with Gasteiger partial charge in [-0.3, -0.25) is 0 Å². The molecule has 0 amide bonds. The lowest BCUT2D eigenvalue weighted by Gasteiger charge is -2.06. The van der Waals surface area contributed by atoms with Gasteiger partial charge in [0.1, 0.15) is 5.01 Å². The van der Waals surface area contributed by atoms with Crippen LogP contribution in [0.25, 0.3) is 4.96 Å². The molecule has 0 aliphatic heterocycles. The van der Waals surface area contributed by atoms with Crippen LogP contribution in [-0.4, -0.2) is 26.4 Å². The van der Waals surface area contributed by atoms with Crippen LogP contribution in [0.5, 0.6) is 0 Å². The van der Waals surface area contributed by atoms with Crippen molar-refractivity contribution in [2.75, 3.05) is 6.54 Å². The van der Waals surface area contributed by atoms with E-state index in [0.29, 0.717) is 5.92 Å². The van der Waals surface area contributed by atoms with Crippen LogP contribution in [0.1, 0.15) is 30.6 Å². The Hall–Kier alpha value is -1.01. The normalized spacial score (nSPS) is 13.4. The minimum atomic E-state index is 0.667. The van der Waals surface area contributed by atoms with Crippen molar-refractivity contribution in [3.05, 3.63) is 10.8 Å². The number of hydrogen-bond acceptors (Lipinski definition) is 5. The number of rotatable bonds is 5. The van der Waals surface area contributed by atoms with Crippen LogP contribution < -0.4 is 5.73 Å². The third kappa shape index (κ3) is 2.38. The van der Waals surface area contributed by atoms with Gasteiger partial charge in [-0.1, -0.05) is 18.3 Å². The molecule has 2 N–H and O–H groups in total. The first-order chi connectivity index (χ1) is 7.70. The summed E-state index contributed by atoms with van der Waals surface area (Å²) >= 11 is 1.63. The summed E-state index contributed by atoms with van der Waals surface area (Å²) in [5.74, 6) is 1.52. The Morgan fingerprint density at radius 3 is 2.88 bits per heavy atom. The summed E-state index contributed by atoms with van der Waals surface area (Å²) in [5, 5.41) is 13.6. The van der Waals surface area contributed by atoms with Crippen molar-refractivity contribution in [2.24, 2.45) is 11.7 Å². The highest BCUT2D eigenvalue weighted by atomic mass is 32.1. The summed E-state index contributed by atoms with van der Waals surface area (Å²) in [7, 11) is 0. The molecule has 2 heterocycles. The summed E-state index contributed by atoms with van der Waals surface area (Å²) in [6.45, 7) is 4.92. The zero-order valence-electron chi connectivity index (χ0n) is 9.68. The second kappa shape index (κ2) is 4.88. The molecule has 0 saturated carbocycles. The van der Waals surface area contributed by atoms with Gasteiger partial charge in [0.05, 0.1) is 0 Å². The number of hydrogen-bond donors (Lipinski definition) is 1. The zero-order chi connectivity index (χ0) is 11.5. The third-order valence-corrected chi connectivity index (χ3v) is 3.66. The van der Waals surface area contributed by atoms with Crippen LogP contribution in [0, 0.1) is 12.8 Å². The van der Waals surface area contributed by atoms with Crippen LogP contribution in [0.4, 0.5) is 0 Å². The van der Waals surface area contributed by atoms with Crippen molar-refractivity contribution in [3.63, 3.8) is 0 Å². The van der Waals surface area contributed by atoms with Gasteiger partial charge < -0.3 is 5.73 Å². The van der Waals surface area contributed by atoms with E-state index < -0.39 is 0 Å². The van der Waals surface area contributed by atoms with E-state index in [4.69, 9.17) is 5.73 Å². The summed E-state index contributed by atoms with van der Waals surface area (Å²) < 4.78 is 1.81. The zero-order valence-corrected chi connectivity index (χ0v) is 10.5. The number of aromatic nitrogens is 4. The van der Waals surface area contributed by atoms with Gasteiger partial charge in [-0.15, -0.1) is 10.2 Å². The summed E-state index contributed by atoms with van der Waals surface area (Å²) in [6.07, 6.45) is 3.23. The Balaban J connectivity index is 1.99. The molecule has 0 aliphatic carbocycles. The molecule has 1 unspecified atom stereocenters. The van der Waals surface area contributed by atoms with Crippen LogP contribution >= 0.6 is 11.3 Å². The molecule has 0 bridgehead atoms. The molecule has 2 aromatic rings. The first-order valence-corrected chi connectivity index (χ1v) is 6.40. The largest absolute Gasteiger partial charge is 0.330 e. The average molecular weight is 239 g/mol. The maximum atomic E-state index is 5.53. The number of fused-ring (bicyclic) bond motifs is 1. The van der Waals surface area contributed by atoms with Crippen LogP contribution in [0.2, 0.25) is 0 Å². The van der Waals surface area contributed by atoms with E-state index >= 15 is 0 Å². The summed E-state index contributed by atoms with van der Waals surface area (Å²) in [4.78, 5) is 0.888. The van der Waals surface area contributed by atoms with Crippen molar-refractivity contribution in [3.8, 4) is 0 Å². The maximum absolute atomic E-state index is 5.53. The van der Waals surface area contributed by atoms with Crippen molar-refractivity contribution in [1.82, 2.24) is 19.8 Å². The number of nitrogens with two attached hydrogens (primary N) is 1. The molecule has 6 heteroatoms. The quantitative estimate of drug-likeness (QED) is 0.856. The molecule has 2 rings (SSSR count). The second-order valence-corrected chi connectivity index (χ2v) is 5.20. The van der Waals surface area contributed by atoms with E-state index in [0.717, 1.165) is 41.6 Å². The molecule has 0 radical (unpaired) electrons. The molecule has 0 fully saturated rings. The smallest absolute Gasteiger partial charge is 0.234 e. The van der Waals surface area contributed by atoms with E-state index in [1.165, 1.54) is 0 Å². The highest BCUT2D eigenvalue weighted by Gasteiger charge is 2.09. The Morgan fingerprint density at radius 2 is 2.19 bits per heavy atom. The molecule has 0 aliphatic rings. The van der Waals surface area contributed by atoms with Gasteiger partial charge in [0.2, 0.25) is 4.96 Å². The first kappa shape index (κ1) is 11.5. The Labute approximate surface area is 98.7 Å². The molecule has 5 nitrogen and oxygen atoms in total. The number of aryl methyl sites for hydroxylation is 2. The highest BCUT2D eigenvalue weighted by molar-refractivity contribution is 7.16. The van der Waals surface area contributed by atoms with Crippen molar-refractivity contribution in [1.29, 1.82) is 0 Å². The fourth-order valence-electron chi connectivity index (χ4n) is 1.65. The fraction of sp³-hybridized carbons (Fsp3) is 0.700. The monoisotopic (exact) mass is 239 g/mol. The minimum Gasteiger partial charge on any atom is -0.330 e. The molecule has 2 aromatic heterocycles. The van der Waals surface area contributed by atoms with E-state index in [-0.39, 0.29) is 0 Å². The lowest BCUT2D eigenvalue weighted by atomic mass is 10.0. The average Bonchev–Trinajstić information content (AvgIpc) is 2.79. The molecule has 16 heavy (non-hydrogen) atoms. The predicted octanol–water partition coefficient (Wildman–Crippen LogP) is 1.41. The van der Waals surface area contributed by atoms with Crippen molar-refractivity contribution >= 4 is 16.3 Å². The van der Waals surface area contributed by atoms with Gasteiger partial charge in [0.15, 0.2) is 5.82 Å². The maximum Gasteiger partial charge on any atom is 0.234 e. The molecule has 0 saturated heterocycles. The van der Waals surface area contributed by atoms with Crippen LogP contribution in [0.3, 0.4) is 0 Å². The van der Waals surface area contributed by atoms with E-state index in [9.17, 15) is 0 Å². The van der Waals surface area contributed by atoms with Gasteiger partial charge in [0, 0.05) is 6.42 Å². The lowest BCUT2D eigenvalue weighted by Crippen LogP contribution is -2.06. The van der Waals surface area contributed by atoms with Crippen LogP contribution in [-0.2, 0) is 6.42 Å². The van der Waals surface area contributed by atoms with Gasteiger partial charge in [0.25, 0.3) is 0 Å². The van der Waals surface area contributed by atoms with Crippen molar-refractivity contribution in [2.45, 2.75) is 33.1 Å². The Kier molecular flexibility index (Phi) is 3.50. The standard InChI is InChI=1S/C10H17N5S/c1-7(5-6-11)3-4-9-14-15-8(2)12-13-10(15)16-9/h7H,3-6,11H2,1-2H3. The molecule has 0 spiro atoms. The summed E-state index contributed by atoms with van der Waals surface area (Å²) in [5.41, 5.74) is 5.53. The second-order valence-electron chi connectivity index (χ2n) is 4.16. The van der Waals surface area contributed by atoms with Gasteiger partial charge in [-0.05, 0) is 32.2 Å². The predicted molar refractivity (Wildman–Crippen MR) is 64.6 cm³/mol. The molecule has 1 atom stereocenters. The number of nitrogens with zero attached hydrogens (tertiary/aromatic N) is 4. The van der Waals surface area contributed by atoms with Gasteiger partial charge >= 0.3 is 0 Å². The highest BCUT2D eigenvalue weighted by Crippen LogP contribution is 2.17. The Morgan fingerprint density at radius 1 is 1.38 bits per heavy atom. The Bertz CT molecular complexity index is 461. The molecule has 0 aromatic carbocycles. The molecular formula is C10H17N5S. The lowest BCUT2D eigenvalue weighted by molar-refractivity contribution is 0.498. The van der Waals surface area contributed by atoms with Gasteiger partial charge in [-0.25, -0.2) is 0 Å². The van der Waals surface area contributed by atoms with E-state index in [1.54, 1.807) is 11.3 Å². The third-order valence-electron chi connectivity index (χ3n) is 2.70. The van der Waals surface area contributed by atoms with Gasteiger partial charge in [-0.2, -0.15) is 9.61 Å². The molecule has 88 valence electrons. The van der Waals surface area contributed by atoms with E-state index in [2.05, 4.69) is 22.2 Å². The topological polar surface area (TPSA) is 69.1 Å². The fourth-order valence-corrected chi connectivity index (χ4v) is 2.55. The minimum absolute atomic E-state index is 0.667. The first-order valence-electron chi connectivity index (χ1n) is 5.58. The van der Waals surface area contributed by atoms with Crippen molar-refractivity contribution < 1.29 is 0 Å². The SMILES string of the molecule is Cc1nnc2sc(CCC(C)CCN)nn12. The van der Waals surface area contributed by atoms with E-state index in [1.807, 2.05) is 11.4 Å². The molecular weight excluding hydrogens is 222 g/mol.